The number of rotatable bonds is 3. The Morgan fingerprint density at radius 2 is 2.15 bits per heavy atom. The molecule has 0 spiro atoms. The number of hydrogen-bond donors (Lipinski definition) is 0. The smallest absolute Gasteiger partial charge is 0.349 e. The summed E-state index contributed by atoms with van der Waals surface area (Å²) in [6.07, 6.45) is 0.757. The average Bonchev–Trinajstić information content (AvgIpc) is 2.83. The van der Waals surface area contributed by atoms with Gasteiger partial charge in [-0.2, -0.15) is 5.26 Å². The zero-order valence-electron chi connectivity index (χ0n) is 10.3. The van der Waals surface area contributed by atoms with Crippen molar-refractivity contribution >= 4 is 29.6 Å². The van der Waals surface area contributed by atoms with Crippen LogP contribution in [-0.2, 0) is 19.1 Å². The first-order valence-corrected chi connectivity index (χ1v) is 6.23. The topological polar surface area (TPSA) is 76.4 Å². The molecule has 0 saturated carbocycles. The molecular formula is C14H10ClNO4. The van der Waals surface area contributed by atoms with Crippen molar-refractivity contribution in [3.05, 3.63) is 40.4 Å². The average molecular weight is 292 g/mol. The molecule has 0 aromatic heterocycles. The number of hydrogen-bond acceptors (Lipinski definition) is 5. The molecule has 1 aromatic carbocycles. The fraction of sp³-hybridized carbons (Fsp3) is 0.214. The van der Waals surface area contributed by atoms with E-state index >= 15 is 0 Å². The number of nitriles is 1. The SMILES string of the molecule is N#C/C(=C\c1ccc(Cl)cc1)C(=O)O[C@@H]1CCOC1=O. The molecule has 1 fully saturated rings. The first kappa shape index (κ1) is 14.1. The van der Waals surface area contributed by atoms with Crippen LogP contribution in [0.3, 0.4) is 0 Å². The van der Waals surface area contributed by atoms with Gasteiger partial charge in [-0.1, -0.05) is 23.7 Å². The van der Waals surface area contributed by atoms with Gasteiger partial charge in [-0.05, 0) is 23.8 Å². The van der Waals surface area contributed by atoms with Crippen LogP contribution in [0.5, 0.6) is 0 Å². The monoisotopic (exact) mass is 291 g/mol. The molecule has 0 unspecified atom stereocenters. The third-order valence-corrected chi connectivity index (χ3v) is 2.91. The van der Waals surface area contributed by atoms with E-state index < -0.39 is 18.0 Å². The van der Waals surface area contributed by atoms with Gasteiger partial charge in [0.05, 0.1) is 6.61 Å². The van der Waals surface area contributed by atoms with Crippen LogP contribution in [0.2, 0.25) is 5.02 Å². The van der Waals surface area contributed by atoms with Crippen molar-refractivity contribution < 1.29 is 19.1 Å². The molecule has 1 saturated heterocycles. The van der Waals surface area contributed by atoms with E-state index in [-0.39, 0.29) is 12.2 Å². The number of carbonyl (C=O) groups is 2. The van der Waals surface area contributed by atoms with Crippen LogP contribution < -0.4 is 0 Å². The first-order chi connectivity index (χ1) is 9.60. The summed E-state index contributed by atoms with van der Waals surface area (Å²) in [4.78, 5) is 23.0. The molecule has 5 nitrogen and oxygen atoms in total. The largest absolute Gasteiger partial charge is 0.463 e. The molecule has 1 aliphatic rings. The lowest BCUT2D eigenvalue weighted by atomic mass is 10.1. The Balaban J connectivity index is 2.11. The van der Waals surface area contributed by atoms with E-state index in [0.717, 1.165) is 0 Å². The molecule has 2 rings (SSSR count). The highest BCUT2D eigenvalue weighted by molar-refractivity contribution is 6.30. The van der Waals surface area contributed by atoms with Gasteiger partial charge in [-0.3, -0.25) is 0 Å². The van der Waals surface area contributed by atoms with Gasteiger partial charge in [0.25, 0.3) is 0 Å². The zero-order valence-corrected chi connectivity index (χ0v) is 11.1. The lowest BCUT2D eigenvalue weighted by molar-refractivity contribution is -0.157. The van der Waals surface area contributed by atoms with E-state index in [1.165, 1.54) is 6.08 Å². The molecule has 0 bridgehead atoms. The minimum Gasteiger partial charge on any atom is -0.463 e. The molecule has 0 N–H and O–H groups in total. The van der Waals surface area contributed by atoms with E-state index in [2.05, 4.69) is 4.74 Å². The van der Waals surface area contributed by atoms with E-state index in [0.29, 0.717) is 17.0 Å². The van der Waals surface area contributed by atoms with Crippen molar-refractivity contribution in [1.82, 2.24) is 0 Å². The molecule has 1 heterocycles. The minimum absolute atomic E-state index is 0.188. The van der Waals surface area contributed by atoms with Crippen molar-refractivity contribution in [2.24, 2.45) is 0 Å². The zero-order chi connectivity index (χ0) is 14.5. The normalized spacial score (nSPS) is 18.3. The van der Waals surface area contributed by atoms with Gasteiger partial charge < -0.3 is 9.47 Å². The van der Waals surface area contributed by atoms with E-state index in [1.807, 2.05) is 0 Å². The maximum absolute atomic E-state index is 11.8. The quantitative estimate of drug-likeness (QED) is 0.484. The number of nitrogens with zero attached hydrogens (tertiary/aromatic N) is 1. The van der Waals surface area contributed by atoms with Crippen molar-refractivity contribution in [3.63, 3.8) is 0 Å². The number of halogens is 1. The fourth-order valence-electron chi connectivity index (χ4n) is 1.64. The van der Waals surface area contributed by atoms with Crippen LogP contribution in [-0.4, -0.2) is 24.6 Å². The maximum atomic E-state index is 11.8. The number of carbonyl (C=O) groups excluding carboxylic acids is 2. The van der Waals surface area contributed by atoms with Crippen LogP contribution >= 0.6 is 11.6 Å². The standard InChI is InChI=1S/C14H10ClNO4/c15-11-3-1-9(2-4-11)7-10(8-16)13(17)20-12-5-6-19-14(12)18/h1-4,7,12H,5-6H2/b10-7+/t12-/m1/s1. The van der Waals surface area contributed by atoms with Crippen molar-refractivity contribution in [2.45, 2.75) is 12.5 Å². The highest BCUT2D eigenvalue weighted by atomic mass is 35.5. The van der Waals surface area contributed by atoms with Gasteiger partial charge in [-0.15, -0.1) is 0 Å². The third kappa shape index (κ3) is 3.37. The molecule has 0 aliphatic carbocycles. The molecule has 20 heavy (non-hydrogen) atoms. The molecular weight excluding hydrogens is 282 g/mol. The van der Waals surface area contributed by atoms with Gasteiger partial charge in [0, 0.05) is 11.4 Å². The van der Waals surface area contributed by atoms with Gasteiger partial charge in [0.1, 0.15) is 11.6 Å². The minimum atomic E-state index is -0.926. The predicted molar refractivity (Wildman–Crippen MR) is 70.5 cm³/mol. The van der Waals surface area contributed by atoms with Crippen LogP contribution in [0.25, 0.3) is 6.08 Å². The summed E-state index contributed by atoms with van der Waals surface area (Å²) in [5.74, 6) is -1.42. The van der Waals surface area contributed by atoms with Gasteiger partial charge in [0.2, 0.25) is 6.10 Å². The molecule has 1 aliphatic heterocycles. The van der Waals surface area contributed by atoms with Gasteiger partial charge in [-0.25, -0.2) is 9.59 Å². The highest BCUT2D eigenvalue weighted by Gasteiger charge is 2.31. The number of benzene rings is 1. The number of ether oxygens (including phenoxy) is 2. The van der Waals surface area contributed by atoms with E-state index in [9.17, 15) is 9.59 Å². The van der Waals surface area contributed by atoms with Crippen LogP contribution in [0.1, 0.15) is 12.0 Å². The van der Waals surface area contributed by atoms with Crippen molar-refractivity contribution in [2.75, 3.05) is 6.61 Å². The Hall–Kier alpha value is -2.32. The van der Waals surface area contributed by atoms with Gasteiger partial charge in [0.15, 0.2) is 0 Å². The Labute approximate surface area is 120 Å². The molecule has 1 atom stereocenters. The summed E-state index contributed by atoms with van der Waals surface area (Å²) in [6, 6.07) is 8.36. The first-order valence-electron chi connectivity index (χ1n) is 5.85. The summed E-state index contributed by atoms with van der Waals surface area (Å²) in [5, 5.41) is 9.54. The maximum Gasteiger partial charge on any atom is 0.349 e. The lowest BCUT2D eigenvalue weighted by Crippen LogP contribution is -2.23. The van der Waals surface area contributed by atoms with E-state index in [1.54, 1.807) is 30.3 Å². The predicted octanol–water partition coefficient (Wildman–Crippen LogP) is 2.11. The van der Waals surface area contributed by atoms with E-state index in [4.69, 9.17) is 21.6 Å². The second kappa shape index (κ2) is 6.22. The summed E-state index contributed by atoms with van der Waals surface area (Å²) in [5.41, 5.74) is 0.448. The Morgan fingerprint density at radius 1 is 1.45 bits per heavy atom. The third-order valence-electron chi connectivity index (χ3n) is 2.66. The second-order valence-corrected chi connectivity index (χ2v) is 4.51. The Morgan fingerprint density at radius 3 is 2.70 bits per heavy atom. The summed E-state index contributed by atoms with van der Waals surface area (Å²) in [7, 11) is 0. The molecule has 1 aromatic rings. The van der Waals surface area contributed by atoms with Crippen LogP contribution in [0.4, 0.5) is 0 Å². The van der Waals surface area contributed by atoms with Crippen LogP contribution in [0, 0.1) is 11.3 Å². The summed E-state index contributed by atoms with van der Waals surface area (Å²) in [6.45, 7) is 0.222. The number of esters is 2. The second-order valence-electron chi connectivity index (χ2n) is 4.07. The fourth-order valence-corrected chi connectivity index (χ4v) is 1.77. The Kier molecular flexibility index (Phi) is 4.38. The summed E-state index contributed by atoms with van der Waals surface area (Å²) >= 11 is 5.75. The van der Waals surface area contributed by atoms with Crippen molar-refractivity contribution in [1.29, 1.82) is 5.26 Å². The molecule has 6 heteroatoms. The molecule has 102 valence electrons. The molecule has 0 radical (unpaired) electrons. The van der Waals surface area contributed by atoms with Gasteiger partial charge >= 0.3 is 11.9 Å². The number of cyclic esters (lactones) is 1. The lowest BCUT2D eigenvalue weighted by Gasteiger charge is -2.07. The molecule has 0 amide bonds. The van der Waals surface area contributed by atoms with Crippen LogP contribution in [0.15, 0.2) is 29.8 Å². The summed E-state index contributed by atoms with van der Waals surface area (Å²) < 4.78 is 9.62. The highest BCUT2D eigenvalue weighted by Crippen LogP contribution is 2.15. The van der Waals surface area contributed by atoms with Crippen molar-refractivity contribution in [3.8, 4) is 6.07 Å². The Bertz CT molecular complexity index is 601.